The molecular formula is C18H12N4O3S. The van der Waals surface area contributed by atoms with Crippen LogP contribution in [-0.2, 0) is 6.54 Å². The molecule has 0 saturated heterocycles. The van der Waals surface area contributed by atoms with Crippen LogP contribution in [0.3, 0.4) is 0 Å². The van der Waals surface area contributed by atoms with Gasteiger partial charge in [-0.25, -0.2) is 0 Å². The van der Waals surface area contributed by atoms with E-state index in [-0.39, 0.29) is 5.69 Å². The molecule has 1 heterocycles. The summed E-state index contributed by atoms with van der Waals surface area (Å²) in [7, 11) is 0. The van der Waals surface area contributed by atoms with Crippen LogP contribution in [0.4, 0.5) is 5.69 Å². The number of non-ortho nitro benzene ring substituents is 1. The van der Waals surface area contributed by atoms with Crippen molar-refractivity contribution in [3.63, 3.8) is 0 Å². The smallest absolute Gasteiger partial charge is 0.279 e. The van der Waals surface area contributed by atoms with Gasteiger partial charge in [0.1, 0.15) is 0 Å². The molecule has 0 fully saturated rings. The molecule has 0 N–H and O–H groups in total. The maximum atomic E-state index is 12.4. The predicted molar refractivity (Wildman–Crippen MR) is 97.7 cm³/mol. The molecule has 3 rings (SSSR count). The lowest BCUT2D eigenvalue weighted by Crippen LogP contribution is -2.16. The lowest BCUT2D eigenvalue weighted by atomic mass is 10.1. The average molecular weight is 364 g/mol. The number of hydrogen-bond donors (Lipinski definition) is 0. The van der Waals surface area contributed by atoms with Gasteiger partial charge in [0, 0.05) is 24.2 Å². The molecule has 128 valence electrons. The highest BCUT2D eigenvalue weighted by Gasteiger charge is 2.13. The number of benzene rings is 2. The summed E-state index contributed by atoms with van der Waals surface area (Å²) in [6.07, 6.45) is 1.64. The number of nitrogens with zero attached hydrogens (tertiary/aromatic N) is 4. The summed E-state index contributed by atoms with van der Waals surface area (Å²) in [6.45, 7) is 4.05. The van der Waals surface area contributed by atoms with Gasteiger partial charge in [0.15, 0.2) is 4.80 Å². The van der Waals surface area contributed by atoms with E-state index in [2.05, 4.69) is 11.6 Å². The normalized spacial score (nSPS) is 11.3. The molecule has 1 amide bonds. The Labute approximate surface area is 151 Å². The van der Waals surface area contributed by atoms with Crippen molar-refractivity contribution in [2.75, 3.05) is 0 Å². The summed E-state index contributed by atoms with van der Waals surface area (Å²) in [6, 6.07) is 12.7. The van der Waals surface area contributed by atoms with Gasteiger partial charge >= 0.3 is 0 Å². The molecule has 0 spiro atoms. The van der Waals surface area contributed by atoms with Gasteiger partial charge in [0.2, 0.25) is 0 Å². The Kier molecular flexibility index (Phi) is 4.73. The minimum absolute atomic E-state index is 0.0296. The Morgan fingerprint density at radius 1 is 1.35 bits per heavy atom. The monoisotopic (exact) mass is 364 g/mol. The maximum Gasteiger partial charge on any atom is 0.279 e. The molecule has 0 radical (unpaired) electrons. The summed E-state index contributed by atoms with van der Waals surface area (Å²) < 4.78 is 2.49. The van der Waals surface area contributed by atoms with E-state index < -0.39 is 10.8 Å². The van der Waals surface area contributed by atoms with E-state index in [1.807, 2.05) is 6.07 Å². The molecule has 0 aliphatic rings. The largest absolute Gasteiger partial charge is 0.312 e. The SMILES string of the molecule is C=CCn1c(=NC(=O)c2ccc(C#N)cc2)sc2ccc([N+](=O)[O-])cc21. The number of nitriles is 1. The summed E-state index contributed by atoms with van der Waals surface area (Å²) in [5.41, 5.74) is 1.41. The first-order valence-electron chi connectivity index (χ1n) is 7.51. The van der Waals surface area contributed by atoms with Gasteiger partial charge in [0.25, 0.3) is 11.6 Å². The van der Waals surface area contributed by atoms with Gasteiger partial charge in [-0.05, 0) is 30.3 Å². The minimum Gasteiger partial charge on any atom is -0.312 e. The molecule has 2 aromatic carbocycles. The van der Waals surface area contributed by atoms with E-state index in [4.69, 9.17) is 5.26 Å². The third kappa shape index (κ3) is 3.29. The zero-order valence-electron chi connectivity index (χ0n) is 13.5. The van der Waals surface area contributed by atoms with Crippen molar-refractivity contribution in [2.45, 2.75) is 6.54 Å². The van der Waals surface area contributed by atoms with Crippen LogP contribution in [0.15, 0.2) is 60.1 Å². The molecule has 0 aliphatic heterocycles. The summed E-state index contributed by atoms with van der Waals surface area (Å²) in [5.74, 6) is -0.451. The van der Waals surface area contributed by atoms with E-state index in [1.54, 1.807) is 41.0 Å². The number of rotatable bonds is 4. The fourth-order valence-electron chi connectivity index (χ4n) is 2.40. The zero-order chi connectivity index (χ0) is 18.7. The average Bonchev–Trinajstić information content (AvgIpc) is 2.98. The number of thiazole rings is 1. The molecule has 0 saturated carbocycles. The van der Waals surface area contributed by atoms with Gasteiger partial charge in [-0.2, -0.15) is 10.3 Å². The Morgan fingerprint density at radius 2 is 2.08 bits per heavy atom. The van der Waals surface area contributed by atoms with Gasteiger partial charge in [-0.15, -0.1) is 6.58 Å². The third-order valence-electron chi connectivity index (χ3n) is 3.65. The number of hydrogen-bond acceptors (Lipinski definition) is 5. The minimum atomic E-state index is -0.464. The van der Waals surface area contributed by atoms with Crippen LogP contribution < -0.4 is 4.80 Å². The van der Waals surface area contributed by atoms with Crippen molar-refractivity contribution in [3.05, 3.63) is 81.2 Å². The van der Waals surface area contributed by atoms with Crippen molar-refractivity contribution in [2.24, 2.45) is 4.99 Å². The maximum absolute atomic E-state index is 12.4. The van der Waals surface area contributed by atoms with Crippen LogP contribution in [0.1, 0.15) is 15.9 Å². The van der Waals surface area contributed by atoms with E-state index in [0.717, 1.165) is 4.70 Å². The second-order valence-corrected chi connectivity index (χ2v) is 6.31. The molecule has 0 bridgehead atoms. The Morgan fingerprint density at radius 3 is 2.69 bits per heavy atom. The Bertz CT molecular complexity index is 1130. The molecule has 26 heavy (non-hydrogen) atoms. The number of carbonyl (C=O) groups excluding carboxylic acids is 1. The molecule has 8 heteroatoms. The number of allylic oxidation sites excluding steroid dienone is 1. The van der Waals surface area contributed by atoms with Crippen molar-refractivity contribution >= 4 is 33.1 Å². The molecule has 3 aromatic rings. The van der Waals surface area contributed by atoms with Crippen LogP contribution in [0.5, 0.6) is 0 Å². The lowest BCUT2D eigenvalue weighted by molar-refractivity contribution is -0.384. The fourth-order valence-corrected chi connectivity index (χ4v) is 3.42. The van der Waals surface area contributed by atoms with E-state index in [1.165, 1.54) is 23.5 Å². The van der Waals surface area contributed by atoms with Crippen molar-refractivity contribution in [1.82, 2.24) is 4.57 Å². The van der Waals surface area contributed by atoms with Crippen LogP contribution in [0.25, 0.3) is 10.2 Å². The predicted octanol–water partition coefficient (Wildman–Crippen LogP) is 3.41. The standard InChI is InChI=1S/C18H12N4O3S/c1-2-9-21-15-10-14(22(24)25)7-8-16(15)26-18(21)20-17(23)13-5-3-12(11-19)4-6-13/h2-8,10H,1,9H2. The highest BCUT2D eigenvalue weighted by Crippen LogP contribution is 2.23. The van der Waals surface area contributed by atoms with E-state index >= 15 is 0 Å². The van der Waals surface area contributed by atoms with Gasteiger partial charge in [-0.1, -0.05) is 17.4 Å². The highest BCUT2D eigenvalue weighted by molar-refractivity contribution is 7.16. The highest BCUT2D eigenvalue weighted by atomic mass is 32.1. The van der Waals surface area contributed by atoms with Gasteiger partial charge in [-0.3, -0.25) is 14.9 Å². The summed E-state index contributed by atoms with van der Waals surface area (Å²) >= 11 is 1.27. The first-order valence-corrected chi connectivity index (χ1v) is 8.33. The molecule has 0 atom stereocenters. The second kappa shape index (κ2) is 7.13. The number of carbonyl (C=O) groups is 1. The number of aromatic nitrogens is 1. The summed E-state index contributed by atoms with van der Waals surface area (Å²) in [5, 5.41) is 19.8. The number of amides is 1. The Hall–Kier alpha value is -3.57. The molecule has 1 aromatic heterocycles. The fraction of sp³-hybridized carbons (Fsp3) is 0.0556. The Balaban J connectivity index is 2.13. The van der Waals surface area contributed by atoms with Crippen LogP contribution in [-0.4, -0.2) is 15.4 Å². The second-order valence-electron chi connectivity index (χ2n) is 5.30. The van der Waals surface area contributed by atoms with Crippen LogP contribution in [0.2, 0.25) is 0 Å². The van der Waals surface area contributed by atoms with Gasteiger partial charge in [0.05, 0.1) is 26.8 Å². The molecular weight excluding hydrogens is 352 g/mol. The summed E-state index contributed by atoms with van der Waals surface area (Å²) in [4.78, 5) is 27.6. The number of fused-ring (bicyclic) bond motifs is 1. The zero-order valence-corrected chi connectivity index (χ0v) is 14.3. The number of nitro groups is 1. The van der Waals surface area contributed by atoms with E-state index in [0.29, 0.717) is 28.0 Å². The van der Waals surface area contributed by atoms with Crippen LogP contribution in [0, 0.1) is 21.4 Å². The van der Waals surface area contributed by atoms with Crippen molar-refractivity contribution in [3.8, 4) is 6.07 Å². The first-order chi connectivity index (χ1) is 12.5. The van der Waals surface area contributed by atoms with E-state index in [9.17, 15) is 14.9 Å². The van der Waals surface area contributed by atoms with Crippen molar-refractivity contribution < 1.29 is 9.72 Å². The molecule has 0 aliphatic carbocycles. The topological polar surface area (TPSA) is 101 Å². The molecule has 7 nitrogen and oxygen atoms in total. The number of nitro benzene ring substituents is 1. The third-order valence-corrected chi connectivity index (χ3v) is 4.71. The first kappa shape index (κ1) is 17.3. The van der Waals surface area contributed by atoms with Gasteiger partial charge < -0.3 is 4.57 Å². The lowest BCUT2D eigenvalue weighted by Gasteiger charge is -2.01. The van der Waals surface area contributed by atoms with Crippen LogP contribution >= 0.6 is 11.3 Å². The molecule has 0 unspecified atom stereocenters. The quantitative estimate of drug-likeness (QED) is 0.402. The van der Waals surface area contributed by atoms with Crippen molar-refractivity contribution in [1.29, 1.82) is 5.26 Å².